The average molecular weight is 257 g/mol. The SMILES string of the molecule is NC(=O)n1c[c]c2c(F)c(Br)cnc21. The van der Waals surface area contributed by atoms with Crippen molar-refractivity contribution in [2.45, 2.75) is 0 Å². The third-order valence-electron chi connectivity index (χ3n) is 1.76. The van der Waals surface area contributed by atoms with Crippen LogP contribution in [0, 0.1) is 11.9 Å². The molecule has 0 unspecified atom stereocenters. The number of nitrogens with zero attached hydrogens (tertiary/aromatic N) is 2. The molecule has 0 spiro atoms. The molecule has 0 aliphatic heterocycles. The van der Waals surface area contributed by atoms with Gasteiger partial charge in [-0.25, -0.2) is 14.2 Å². The minimum atomic E-state index is -0.717. The van der Waals surface area contributed by atoms with Crippen LogP contribution in [0.4, 0.5) is 9.18 Å². The second kappa shape index (κ2) is 3.06. The number of aromatic nitrogens is 2. The second-order valence-electron chi connectivity index (χ2n) is 2.60. The summed E-state index contributed by atoms with van der Waals surface area (Å²) in [6, 6.07) is 1.86. The fraction of sp³-hybridized carbons (Fsp3) is 0. The van der Waals surface area contributed by atoms with E-state index in [9.17, 15) is 9.18 Å². The Morgan fingerprint density at radius 1 is 1.71 bits per heavy atom. The van der Waals surface area contributed by atoms with E-state index in [4.69, 9.17) is 5.73 Å². The molecule has 0 aliphatic rings. The molecule has 0 saturated carbocycles. The van der Waals surface area contributed by atoms with E-state index in [1.165, 1.54) is 12.4 Å². The van der Waals surface area contributed by atoms with Gasteiger partial charge in [-0.15, -0.1) is 0 Å². The van der Waals surface area contributed by atoms with Crippen molar-refractivity contribution in [3.05, 3.63) is 28.7 Å². The summed E-state index contributed by atoms with van der Waals surface area (Å²) in [6.07, 6.45) is 2.53. The molecule has 0 aliphatic carbocycles. The van der Waals surface area contributed by atoms with Crippen LogP contribution in [0.2, 0.25) is 0 Å². The topological polar surface area (TPSA) is 60.9 Å². The maximum Gasteiger partial charge on any atom is 0.324 e. The van der Waals surface area contributed by atoms with E-state index in [0.29, 0.717) is 0 Å². The highest BCUT2D eigenvalue weighted by molar-refractivity contribution is 9.10. The molecule has 0 bridgehead atoms. The summed E-state index contributed by atoms with van der Waals surface area (Å²) in [5.74, 6) is -0.505. The lowest BCUT2D eigenvalue weighted by atomic mass is 10.3. The van der Waals surface area contributed by atoms with E-state index < -0.39 is 11.8 Å². The summed E-state index contributed by atoms with van der Waals surface area (Å²) in [6.45, 7) is 0. The van der Waals surface area contributed by atoms with Gasteiger partial charge < -0.3 is 5.73 Å². The van der Waals surface area contributed by atoms with Crippen LogP contribution in [0.3, 0.4) is 0 Å². The fourth-order valence-corrected chi connectivity index (χ4v) is 1.43. The molecule has 0 fully saturated rings. The number of hydrogen-bond acceptors (Lipinski definition) is 2. The van der Waals surface area contributed by atoms with Crippen LogP contribution in [-0.4, -0.2) is 15.6 Å². The Labute approximate surface area is 86.7 Å². The summed E-state index contributed by atoms with van der Waals surface area (Å²) in [7, 11) is 0. The summed E-state index contributed by atoms with van der Waals surface area (Å²) < 4.78 is 14.6. The highest BCUT2D eigenvalue weighted by Crippen LogP contribution is 2.22. The van der Waals surface area contributed by atoms with Gasteiger partial charge in [-0.1, -0.05) is 0 Å². The highest BCUT2D eigenvalue weighted by Gasteiger charge is 2.12. The number of carbonyl (C=O) groups excluding carboxylic acids is 1. The molecule has 2 heterocycles. The number of primary amides is 1. The van der Waals surface area contributed by atoms with Crippen LogP contribution in [0.5, 0.6) is 0 Å². The molecule has 2 aromatic heterocycles. The molecule has 6 heteroatoms. The number of fused-ring (bicyclic) bond motifs is 1. The van der Waals surface area contributed by atoms with Crippen molar-refractivity contribution in [3.63, 3.8) is 0 Å². The fourth-order valence-electron chi connectivity index (χ4n) is 1.13. The molecule has 1 radical (unpaired) electrons. The first-order valence-electron chi connectivity index (χ1n) is 3.64. The van der Waals surface area contributed by atoms with E-state index in [0.717, 1.165) is 4.57 Å². The lowest BCUT2D eigenvalue weighted by Crippen LogP contribution is -2.18. The molecule has 2 N–H and O–H groups in total. The largest absolute Gasteiger partial charge is 0.351 e. The molecule has 2 aromatic rings. The first-order valence-corrected chi connectivity index (χ1v) is 4.43. The lowest BCUT2D eigenvalue weighted by Gasteiger charge is -1.98. The number of rotatable bonds is 0. The first kappa shape index (κ1) is 9.14. The average Bonchev–Trinajstić information content (AvgIpc) is 2.55. The van der Waals surface area contributed by atoms with Gasteiger partial charge in [0.05, 0.1) is 9.86 Å². The molecular weight excluding hydrogens is 253 g/mol. The van der Waals surface area contributed by atoms with Crippen LogP contribution < -0.4 is 5.73 Å². The Balaban J connectivity index is 2.83. The number of halogens is 2. The van der Waals surface area contributed by atoms with Gasteiger partial charge in [-0.3, -0.25) is 4.57 Å². The Kier molecular flexibility index (Phi) is 1.99. The van der Waals surface area contributed by atoms with Crippen molar-refractivity contribution in [1.29, 1.82) is 0 Å². The van der Waals surface area contributed by atoms with Crippen molar-refractivity contribution in [3.8, 4) is 0 Å². The highest BCUT2D eigenvalue weighted by atomic mass is 79.9. The lowest BCUT2D eigenvalue weighted by molar-refractivity contribution is 0.251. The van der Waals surface area contributed by atoms with Gasteiger partial charge in [0.15, 0.2) is 11.5 Å². The normalized spacial score (nSPS) is 10.7. The maximum absolute atomic E-state index is 13.4. The molecule has 4 nitrogen and oxygen atoms in total. The van der Waals surface area contributed by atoms with E-state index in [-0.39, 0.29) is 15.5 Å². The van der Waals surface area contributed by atoms with Crippen molar-refractivity contribution in [2.24, 2.45) is 5.73 Å². The molecule has 0 atom stereocenters. The van der Waals surface area contributed by atoms with Crippen molar-refractivity contribution in [1.82, 2.24) is 9.55 Å². The van der Waals surface area contributed by atoms with Crippen LogP contribution >= 0.6 is 15.9 Å². The molecule has 1 amide bonds. The Morgan fingerprint density at radius 3 is 3.07 bits per heavy atom. The minimum Gasteiger partial charge on any atom is -0.351 e. The molecule has 0 saturated heterocycles. The number of nitrogens with two attached hydrogens (primary N) is 1. The van der Waals surface area contributed by atoms with Crippen molar-refractivity contribution < 1.29 is 9.18 Å². The van der Waals surface area contributed by atoms with Crippen molar-refractivity contribution in [2.75, 3.05) is 0 Å². The molecular formula is C8H4BrFN3O. The van der Waals surface area contributed by atoms with Gasteiger partial charge in [0, 0.05) is 18.5 Å². The number of pyridine rings is 1. The molecule has 2 rings (SSSR count). The van der Waals surface area contributed by atoms with Gasteiger partial charge in [-0.2, -0.15) is 0 Å². The Hall–Kier alpha value is -1.43. The predicted molar refractivity (Wildman–Crippen MR) is 51.2 cm³/mol. The number of amides is 1. The van der Waals surface area contributed by atoms with Crippen LogP contribution in [-0.2, 0) is 0 Å². The zero-order chi connectivity index (χ0) is 10.3. The molecule has 14 heavy (non-hydrogen) atoms. The summed E-state index contributed by atoms with van der Waals surface area (Å²) in [5.41, 5.74) is 5.21. The maximum atomic E-state index is 13.4. The van der Waals surface area contributed by atoms with Crippen molar-refractivity contribution >= 4 is 33.0 Å². The van der Waals surface area contributed by atoms with Gasteiger partial charge in [-0.05, 0) is 15.9 Å². The molecule has 71 valence electrons. The Bertz CT molecular complexity index is 523. The smallest absolute Gasteiger partial charge is 0.324 e. The Morgan fingerprint density at radius 2 is 2.43 bits per heavy atom. The van der Waals surface area contributed by atoms with Gasteiger partial charge in [0.2, 0.25) is 0 Å². The van der Waals surface area contributed by atoms with Gasteiger partial charge >= 0.3 is 6.03 Å². The monoisotopic (exact) mass is 256 g/mol. The third-order valence-corrected chi connectivity index (χ3v) is 2.31. The summed E-state index contributed by atoms with van der Waals surface area (Å²) in [4.78, 5) is 14.7. The van der Waals surface area contributed by atoms with Gasteiger partial charge in [0.1, 0.15) is 0 Å². The van der Waals surface area contributed by atoms with Gasteiger partial charge in [0.25, 0.3) is 0 Å². The minimum absolute atomic E-state index is 0.137. The zero-order valence-electron chi connectivity index (χ0n) is 6.79. The van der Waals surface area contributed by atoms with E-state index >= 15 is 0 Å². The number of hydrogen-bond donors (Lipinski definition) is 1. The standard InChI is InChI=1S/C8H4BrFN3O/c9-5-3-12-7-4(6(5)10)1-2-13(7)8(11)14/h2-3H,(H2,11,14). The third kappa shape index (κ3) is 1.19. The van der Waals surface area contributed by atoms with Crippen LogP contribution in [0.1, 0.15) is 0 Å². The van der Waals surface area contributed by atoms with E-state index in [2.05, 4.69) is 27.0 Å². The van der Waals surface area contributed by atoms with Crippen LogP contribution in [0.25, 0.3) is 11.0 Å². The number of carbonyl (C=O) groups is 1. The summed E-state index contributed by atoms with van der Waals surface area (Å²) >= 11 is 2.98. The van der Waals surface area contributed by atoms with E-state index in [1.54, 1.807) is 0 Å². The van der Waals surface area contributed by atoms with Crippen LogP contribution in [0.15, 0.2) is 16.9 Å². The molecule has 0 aromatic carbocycles. The zero-order valence-corrected chi connectivity index (χ0v) is 8.38. The second-order valence-corrected chi connectivity index (χ2v) is 3.45. The summed E-state index contributed by atoms with van der Waals surface area (Å²) in [5, 5.41) is 0.137. The quantitative estimate of drug-likeness (QED) is 0.780. The predicted octanol–water partition coefficient (Wildman–Crippen LogP) is 1.66. The van der Waals surface area contributed by atoms with E-state index in [1.807, 2.05) is 0 Å². The first-order chi connectivity index (χ1) is 6.61.